The number of aromatic nitrogens is 3. The van der Waals surface area contributed by atoms with E-state index in [9.17, 15) is 4.79 Å². The van der Waals surface area contributed by atoms with Gasteiger partial charge in [-0.05, 0) is 18.9 Å². The van der Waals surface area contributed by atoms with Crippen LogP contribution in [-0.2, 0) is 7.05 Å². The number of fused-ring (bicyclic) bond motifs is 1. The summed E-state index contributed by atoms with van der Waals surface area (Å²) >= 11 is 0. The molecular weight excluding hydrogens is 204 g/mol. The molecule has 0 saturated heterocycles. The monoisotopic (exact) mass is 216 g/mol. The summed E-state index contributed by atoms with van der Waals surface area (Å²) in [6, 6.07) is 2.23. The molecule has 1 saturated carbocycles. The van der Waals surface area contributed by atoms with Gasteiger partial charge in [-0.15, -0.1) is 0 Å². The molecule has 1 aliphatic rings. The van der Waals surface area contributed by atoms with E-state index < -0.39 is 0 Å². The standard InChI is InChI=1S/C11H12N4O/c1-15-6-13-8-4-5-12-10(9(8)11(15)16)14-7-2-3-7/h4-7H,2-3H2,1H3,(H,12,14). The van der Waals surface area contributed by atoms with E-state index in [0.29, 0.717) is 22.8 Å². The van der Waals surface area contributed by atoms with Crippen LogP contribution in [0.25, 0.3) is 10.9 Å². The first kappa shape index (κ1) is 9.33. The molecule has 0 amide bonds. The summed E-state index contributed by atoms with van der Waals surface area (Å²) in [7, 11) is 1.70. The number of anilines is 1. The smallest absolute Gasteiger partial charge is 0.264 e. The summed E-state index contributed by atoms with van der Waals surface area (Å²) in [6.07, 6.45) is 5.52. The molecule has 1 fully saturated rings. The highest BCUT2D eigenvalue weighted by Gasteiger charge is 2.22. The molecule has 2 aromatic rings. The van der Waals surface area contributed by atoms with Crippen LogP contribution in [0.15, 0.2) is 23.4 Å². The number of aryl methyl sites for hydroxylation is 1. The topological polar surface area (TPSA) is 59.8 Å². The lowest BCUT2D eigenvalue weighted by atomic mass is 10.3. The molecule has 5 heteroatoms. The molecule has 0 aliphatic heterocycles. The van der Waals surface area contributed by atoms with Gasteiger partial charge >= 0.3 is 0 Å². The fourth-order valence-electron chi connectivity index (χ4n) is 1.68. The van der Waals surface area contributed by atoms with Crippen molar-refractivity contribution in [3.63, 3.8) is 0 Å². The van der Waals surface area contributed by atoms with Gasteiger partial charge in [-0.25, -0.2) is 9.97 Å². The fraction of sp³-hybridized carbons (Fsp3) is 0.364. The molecule has 82 valence electrons. The van der Waals surface area contributed by atoms with Gasteiger partial charge in [0.15, 0.2) is 0 Å². The summed E-state index contributed by atoms with van der Waals surface area (Å²) in [4.78, 5) is 20.4. The van der Waals surface area contributed by atoms with Gasteiger partial charge in [0, 0.05) is 19.3 Å². The average molecular weight is 216 g/mol. The van der Waals surface area contributed by atoms with Gasteiger partial charge in [0.05, 0.1) is 11.8 Å². The first-order valence-corrected chi connectivity index (χ1v) is 5.32. The molecule has 16 heavy (non-hydrogen) atoms. The van der Waals surface area contributed by atoms with Crippen LogP contribution >= 0.6 is 0 Å². The van der Waals surface area contributed by atoms with Gasteiger partial charge in [0.25, 0.3) is 5.56 Å². The lowest BCUT2D eigenvalue weighted by Crippen LogP contribution is -2.19. The number of nitrogens with one attached hydrogen (secondary N) is 1. The first-order chi connectivity index (χ1) is 7.75. The van der Waals surface area contributed by atoms with E-state index >= 15 is 0 Å². The molecule has 0 aromatic carbocycles. The van der Waals surface area contributed by atoms with E-state index in [-0.39, 0.29) is 5.56 Å². The average Bonchev–Trinajstić information content (AvgIpc) is 3.08. The third-order valence-corrected chi connectivity index (χ3v) is 2.75. The zero-order valence-corrected chi connectivity index (χ0v) is 8.97. The largest absolute Gasteiger partial charge is 0.367 e. The molecule has 0 radical (unpaired) electrons. The summed E-state index contributed by atoms with van der Waals surface area (Å²) in [5.41, 5.74) is 0.641. The molecule has 2 heterocycles. The van der Waals surface area contributed by atoms with Crippen molar-refractivity contribution in [2.75, 3.05) is 5.32 Å². The Morgan fingerprint density at radius 2 is 2.25 bits per heavy atom. The summed E-state index contributed by atoms with van der Waals surface area (Å²) in [6.45, 7) is 0. The summed E-state index contributed by atoms with van der Waals surface area (Å²) < 4.78 is 1.47. The molecule has 0 spiro atoms. The minimum Gasteiger partial charge on any atom is -0.367 e. The predicted molar refractivity (Wildman–Crippen MR) is 61.4 cm³/mol. The third kappa shape index (κ3) is 1.44. The second-order valence-electron chi connectivity index (χ2n) is 4.13. The van der Waals surface area contributed by atoms with E-state index in [1.807, 2.05) is 0 Å². The Morgan fingerprint density at radius 1 is 1.44 bits per heavy atom. The molecule has 0 unspecified atom stereocenters. The van der Waals surface area contributed by atoms with Gasteiger partial charge < -0.3 is 9.88 Å². The van der Waals surface area contributed by atoms with Crippen LogP contribution in [0.5, 0.6) is 0 Å². The maximum atomic E-state index is 12.0. The molecule has 3 rings (SSSR count). The molecule has 5 nitrogen and oxygen atoms in total. The van der Waals surface area contributed by atoms with Crippen LogP contribution in [0.4, 0.5) is 5.82 Å². The van der Waals surface area contributed by atoms with E-state index in [0.717, 1.165) is 12.8 Å². The van der Waals surface area contributed by atoms with Crippen molar-refractivity contribution in [1.29, 1.82) is 0 Å². The summed E-state index contributed by atoms with van der Waals surface area (Å²) in [5, 5.41) is 3.85. The van der Waals surface area contributed by atoms with Crippen molar-refractivity contribution < 1.29 is 0 Å². The Bertz CT molecular complexity index is 600. The lowest BCUT2D eigenvalue weighted by Gasteiger charge is -2.07. The number of rotatable bonds is 2. The van der Waals surface area contributed by atoms with Gasteiger partial charge in [0.1, 0.15) is 11.2 Å². The molecule has 1 N–H and O–H groups in total. The normalized spacial score (nSPS) is 15.3. The zero-order valence-electron chi connectivity index (χ0n) is 8.97. The number of nitrogens with zero attached hydrogens (tertiary/aromatic N) is 3. The van der Waals surface area contributed by atoms with Crippen molar-refractivity contribution in [2.24, 2.45) is 7.05 Å². The molecule has 1 aliphatic carbocycles. The highest BCUT2D eigenvalue weighted by atomic mass is 16.1. The minimum atomic E-state index is -0.0544. The number of hydrogen-bond donors (Lipinski definition) is 1. The fourth-order valence-corrected chi connectivity index (χ4v) is 1.68. The Kier molecular flexibility index (Phi) is 1.92. The maximum absolute atomic E-state index is 12.0. The molecular formula is C11H12N4O. The number of hydrogen-bond acceptors (Lipinski definition) is 4. The van der Waals surface area contributed by atoms with E-state index in [2.05, 4.69) is 15.3 Å². The third-order valence-electron chi connectivity index (χ3n) is 2.75. The van der Waals surface area contributed by atoms with Crippen molar-refractivity contribution in [3.8, 4) is 0 Å². The highest BCUT2D eigenvalue weighted by molar-refractivity contribution is 5.88. The van der Waals surface area contributed by atoms with Crippen molar-refractivity contribution in [1.82, 2.24) is 14.5 Å². The van der Waals surface area contributed by atoms with E-state index in [1.165, 1.54) is 10.9 Å². The molecule has 0 atom stereocenters. The zero-order chi connectivity index (χ0) is 11.1. The van der Waals surface area contributed by atoms with Crippen molar-refractivity contribution in [2.45, 2.75) is 18.9 Å². The van der Waals surface area contributed by atoms with Crippen LogP contribution in [0.3, 0.4) is 0 Å². The van der Waals surface area contributed by atoms with E-state index in [1.54, 1.807) is 19.3 Å². The molecule has 0 bridgehead atoms. The van der Waals surface area contributed by atoms with Crippen LogP contribution in [-0.4, -0.2) is 20.6 Å². The lowest BCUT2D eigenvalue weighted by molar-refractivity contribution is 0.842. The quantitative estimate of drug-likeness (QED) is 0.810. The van der Waals surface area contributed by atoms with Gasteiger partial charge in [-0.1, -0.05) is 0 Å². The van der Waals surface area contributed by atoms with Crippen LogP contribution in [0, 0.1) is 0 Å². The Balaban J connectivity index is 2.26. The van der Waals surface area contributed by atoms with Crippen molar-refractivity contribution in [3.05, 3.63) is 28.9 Å². The summed E-state index contributed by atoms with van der Waals surface area (Å²) in [5.74, 6) is 0.661. The minimum absolute atomic E-state index is 0.0544. The second-order valence-corrected chi connectivity index (χ2v) is 4.13. The maximum Gasteiger partial charge on any atom is 0.264 e. The first-order valence-electron chi connectivity index (χ1n) is 5.32. The van der Waals surface area contributed by atoms with Crippen molar-refractivity contribution >= 4 is 16.7 Å². The Hall–Kier alpha value is -1.91. The van der Waals surface area contributed by atoms with Crippen LogP contribution < -0.4 is 10.9 Å². The molecule has 2 aromatic heterocycles. The van der Waals surface area contributed by atoms with Gasteiger partial charge in [0.2, 0.25) is 0 Å². The predicted octanol–water partition coefficient (Wildman–Crippen LogP) is 0.903. The van der Waals surface area contributed by atoms with Gasteiger partial charge in [-0.2, -0.15) is 0 Å². The van der Waals surface area contributed by atoms with Gasteiger partial charge in [-0.3, -0.25) is 4.79 Å². The second kappa shape index (κ2) is 3.30. The van der Waals surface area contributed by atoms with Crippen LogP contribution in [0.2, 0.25) is 0 Å². The van der Waals surface area contributed by atoms with Crippen LogP contribution in [0.1, 0.15) is 12.8 Å². The SMILES string of the molecule is Cn1cnc2ccnc(NC3CC3)c2c1=O. The Labute approximate surface area is 92.1 Å². The Morgan fingerprint density at radius 3 is 3.00 bits per heavy atom. The number of pyridine rings is 1. The highest BCUT2D eigenvalue weighted by Crippen LogP contribution is 2.25. The van der Waals surface area contributed by atoms with E-state index in [4.69, 9.17) is 0 Å².